The van der Waals surface area contributed by atoms with Crippen LogP contribution in [0.2, 0.25) is 0 Å². The molecule has 0 radical (unpaired) electrons. The number of nitrogens with one attached hydrogen (secondary N) is 1. The average molecular weight is 312 g/mol. The van der Waals surface area contributed by atoms with Crippen LogP contribution >= 0.6 is 0 Å². The van der Waals surface area contributed by atoms with Crippen LogP contribution in [0.3, 0.4) is 0 Å². The smallest absolute Gasteiger partial charge is 0.274 e. The molecule has 4 rings (SSSR count). The first kappa shape index (κ1) is 14.2. The minimum Gasteiger partial charge on any atom is -0.351 e. The van der Waals surface area contributed by atoms with E-state index in [1.807, 2.05) is 29.7 Å². The molecule has 23 heavy (non-hydrogen) atoms. The summed E-state index contributed by atoms with van der Waals surface area (Å²) in [5, 5.41) is 3.05. The minimum atomic E-state index is -0.0919. The SMILES string of the molecule is Cc1ccc2nc(C(=O)N3C[C@H]4CCC[C@H](C3)C(=O)N4)cn2c1. The van der Waals surface area contributed by atoms with Crippen molar-refractivity contribution >= 4 is 17.5 Å². The molecule has 2 fully saturated rings. The van der Waals surface area contributed by atoms with Crippen LogP contribution in [-0.4, -0.2) is 45.2 Å². The Morgan fingerprint density at radius 3 is 3.00 bits per heavy atom. The first-order valence-corrected chi connectivity index (χ1v) is 8.15. The van der Waals surface area contributed by atoms with Crippen LogP contribution in [-0.2, 0) is 4.79 Å². The zero-order valence-electron chi connectivity index (χ0n) is 13.2. The third-order valence-corrected chi connectivity index (χ3v) is 4.81. The maximum atomic E-state index is 12.9. The fraction of sp³-hybridized carbons (Fsp3) is 0.471. The molecule has 2 saturated heterocycles. The fourth-order valence-electron chi connectivity index (χ4n) is 3.58. The summed E-state index contributed by atoms with van der Waals surface area (Å²) < 4.78 is 1.88. The minimum absolute atomic E-state index is 0.0678. The number of likely N-dealkylation sites (tertiary alicyclic amines) is 1. The third kappa shape index (κ3) is 2.58. The van der Waals surface area contributed by atoms with Crippen molar-refractivity contribution in [2.24, 2.45) is 5.92 Å². The number of fused-ring (bicyclic) bond motifs is 4. The number of rotatable bonds is 1. The zero-order valence-corrected chi connectivity index (χ0v) is 13.2. The highest BCUT2D eigenvalue weighted by molar-refractivity contribution is 5.93. The molecule has 0 spiro atoms. The molecular formula is C17H20N4O2. The lowest BCUT2D eigenvalue weighted by atomic mass is 9.99. The average Bonchev–Trinajstić information content (AvgIpc) is 2.75. The van der Waals surface area contributed by atoms with E-state index in [0.717, 1.165) is 30.5 Å². The maximum absolute atomic E-state index is 12.9. The molecule has 0 aliphatic carbocycles. The Kier molecular flexibility index (Phi) is 3.32. The molecule has 6 heteroatoms. The van der Waals surface area contributed by atoms with Crippen LogP contribution in [0.4, 0.5) is 0 Å². The van der Waals surface area contributed by atoms with Crippen molar-refractivity contribution in [3.63, 3.8) is 0 Å². The first-order chi connectivity index (χ1) is 11.1. The Morgan fingerprint density at radius 2 is 2.13 bits per heavy atom. The Balaban J connectivity index is 1.63. The van der Waals surface area contributed by atoms with Crippen molar-refractivity contribution in [2.75, 3.05) is 13.1 Å². The van der Waals surface area contributed by atoms with Gasteiger partial charge in [0.05, 0.1) is 5.92 Å². The van der Waals surface area contributed by atoms with Gasteiger partial charge in [0, 0.05) is 31.5 Å². The van der Waals surface area contributed by atoms with E-state index < -0.39 is 0 Å². The molecule has 2 bridgehead atoms. The van der Waals surface area contributed by atoms with E-state index in [4.69, 9.17) is 0 Å². The second-order valence-corrected chi connectivity index (χ2v) is 6.64. The number of imidazole rings is 1. The van der Waals surface area contributed by atoms with Crippen LogP contribution in [0.1, 0.15) is 35.3 Å². The van der Waals surface area contributed by atoms with Crippen LogP contribution in [0.5, 0.6) is 0 Å². The predicted octanol–water partition coefficient (Wildman–Crippen LogP) is 1.38. The van der Waals surface area contributed by atoms with Gasteiger partial charge in [0.15, 0.2) is 0 Å². The van der Waals surface area contributed by atoms with Gasteiger partial charge < -0.3 is 14.6 Å². The molecule has 0 unspecified atom stereocenters. The van der Waals surface area contributed by atoms with Gasteiger partial charge in [-0.3, -0.25) is 9.59 Å². The van der Waals surface area contributed by atoms with Gasteiger partial charge in [-0.15, -0.1) is 0 Å². The van der Waals surface area contributed by atoms with Gasteiger partial charge in [-0.1, -0.05) is 12.5 Å². The molecule has 0 aromatic carbocycles. The Bertz CT molecular complexity index is 782. The molecule has 1 N–H and O–H groups in total. The molecular weight excluding hydrogens is 292 g/mol. The number of pyridine rings is 1. The number of hydrogen-bond donors (Lipinski definition) is 1. The normalized spacial score (nSPS) is 24.4. The van der Waals surface area contributed by atoms with Crippen molar-refractivity contribution < 1.29 is 9.59 Å². The lowest BCUT2D eigenvalue weighted by molar-refractivity contribution is -0.124. The number of carbonyl (C=O) groups is 2. The van der Waals surface area contributed by atoms with Crippen molar-refractivity contribution in [1.82, 2.24) is 19.6 Å². The summed E-state index contributed by atoms with van der Waals surface area (Å²) in [5.74, 6) is -0.0843. The molecule has 0 saturated carbocycles. The molecule has 2 atom stereocenters. The molecule has 2 aromatic rings. The van der Waals surface area contributed by atoms with E-state index in [9.17, 15) is 9.59 Å². The van der Waals surface area contributed by atoms with Gasteiger partial charge in [-0.25, -0.2) is 4.98 Å². The quantitative estimate of drug-likeness (QED) is 0.865. The number of nitrogens with zero attached hydrogens (tertiary/aromatic N) is 3. The lowest BCUT2D eigenvalue weighted by Gasteiger charge is -2.26. The van der Waals surface area contributed by atoms with Crippen LogP contribution in [0, 0.1) is 12.8 Å². The van der Waals surface area contributed by atoms with Gasteiger partial charge in [0.2, 0.25) is 5.91 Å². The number of hydrogen-bond acceptors (Lipinski definition) is 3. The topological polar surface area (TPSA) is 66.7 Å². The standard InChI is InChI=1S/C17H20N4O2/c1-11-5-6-15-19-14(10-20(15)7-11)17(23)21-8-12-3-2-4-13(9-21)18-16(12)22/h5-7,10,12-13H,2-4,8-9H2,1H3,(H,18,22)/t12-,13-/m1/s1. The maximum Gasteiger partial charge on any atom is 0.274 e. The van der Waals surface area contributed by atoms with Crippen LogP contribution in [0.15, 0.2) is 24.5 Å². The van der Waals surface area contributed by atoms with Crippen molar-refractivity contribution in [1.29, 1.82) is 0 Å². The van der Waals surface area contributed by atoms with Gasteiger partial charge in [-0.2, -0.15) is 0 Å². The summed E-state index contributed by atoms with van der Waals surface area (Å²) in [6.07, 6.45) is 6.58. The second kappa shape index (κ2) is 5.37. The zero-order chi connectivity index (χ0) is 16.0. The second-order valence-electron chi connectivity index (χ2n) is 6.64. The summed E-state index contributed by atoms with van der Waals surface area (Å²) in [5.41, 5.74) is 2.33. The van der Waals surface area contributed by atoms with Gasteiger partial charge in [0.1, 0.15) is 11.3 Å². The monoisotopic (exact) mass is 312 g/mol. The van der Waals surface area contributed by atoms with Crippen molar-refractivity contribution in [3.8, 4) is 0 Å². The molecule has 120 valence electrons. The Hall–Kier alpha value is -2.37. The molecule has 6 nitrogen and oxygen atoms in total. The van der Waals surface area contributed by atoms with Crippen LogP contribution < -0.4 is 5.32 Å². The Morgan fingerprint density at radius 1 is 1.26 bits per heavy atom. The summed E-state index contributed by atoms with van der Waals surface area (Å²) in [4.78, 5) is 31.2. The Labute approximate surface area is 134 Å². The highest BCUT2D eigenvalue weighted by atomic mass is 16.2. The highest BCUT2D eigenvalue weighted by Crippen LogP contribution is 2.23. The van der Waals surface area contributed by atoms with E-state index in [0.29, 0.717) is 18.8 Å². The van der Waals surface area contributed by atoms with Gasteiger partial charge >= 0.3 is 0 Å². The highest BCUT2D eigenvalue weighted by Gasteiger charge is 2.35. The van der Waals surface area contributed by atoms with E-state index in [1.54, 1.807) is 11.1 Å². The van der Waals surface area contributed by atoms with E-state index in [1.165, 1.54) is 0 Å². The number of aryl methyl sites for hydroxylation is 1. The number of carbonyl (C=O) groups excluding carboxylic acids is 2. The summed E-state index contributed by atoms with van der Waals surface area (Å²) >= 11 is 0. The molecule has 2 aromatic heterocycles. The molecule has 2 amide bonds. The fourth-order valence-corrected chi connectivity index (χ4v) is 3.58. The van der Waals surface area contributed by atoms with Gasteiger partial charge in [-0.05, 0) is 31.4 Å². The van der Waals surface area contributed by atoms with Crippen molar-refractivity contribution in [2.45, 2.75) is 32.2 Å². The lowest BCUT2D eigenvalue weighted by Crippen LogP contribution is -2.41. The number of aromatic nitrogens is 2. The predicted molar refractivity (Wildman–Crippen MR) is 85.1 cm³/mol. The van der Waals surface area contributed by atoms with E-state index in [2.05, 4.69) is 10.3 Å². The molecule has 4 heterocycles. The van der Waals surface area contributed by atoms with E-state index >= 15 is 0 Å². The summed E-state index contributed by atoms with van der Waals surface area (Å²) in [7, 11) is 0. The van der Waals surface area contributed by atoms with Gasteiger partial charge in [0.25, 0.3) is 5.91 Å². The summed E-state index contributed by atoms with van der Waals surface area (Å²) in [6, 6.07) is 3.96. The van der Waals surface area contributed by atoms with E-state index in [-0.39, 0.29) is 23.8 Å². The summed E-state index contributed by atoms with van der Waals surface area (Å²) in [6.45, 7) is 3.08. The first-order valence-electron chi connectivity index (χ1n) is 8.15. The van der Waals surface area contributed by atoms with Crippen molar-refractivity contribution in [3.05, 3.63) is 35.8 Å². The third-order valence-electron chi connectivity index (χ3n) is 4.81. The largest absolute Gasteiger partial charge is 0.351 e. The molecule has 2 aliphatic heterocycles. The van der Waals surface area contributed by atoms with Crippen LogP contribution in [0.25, 0.3) is 5.65 Å². The number of amides is 2. The molecule has 2 aliphatic rings.